The molecule has 0 aliphatic heterocycles. The molecule has 1 aromatic carbocycles. The third-order valence-electron chi connectivity index (χ3n) is 3.45. The molecule has 0 bridgehead atoms. The second-order valence-electron chi connectivity index (χ2n) is 5.13. The summed E-state index contributed by atoms with van der Waals surface area (Å²) in [5.41, 5.74) is 0.00853. The average Bonchev–Trinajstić information content (AvgIpc) is 3.23. The number of benzene rings is 1. The predicted molar refractivity (Wildman–Crippen MR) is 70.5 cm³/mol. The fraction of sp³-hybridized carbons (Fsp3) is 0.429. The molecule has 0 unspecified atom stereocenters. The van der Waals surface area contributed by atoms with Gasteiger partial charge in [0.15, 0.2) is 0 Å². The van der Waals surface area contributed by atoms with Gasteiger partial charge in [-0.05, 0) is 31.0 Å². The van der Waals surface area contributed by atoms with E-state index < -0.39 is 11.7 Å². The van der Waals surface area contributed by atoms with Crippen LogP contribution in [0.5, 0.6) is 0 Å². The topological polar surface area (TPSA) is 78.4 Å². The van der Waals surface area contributed by atoms with Gasteiger partial charge in [-0.1, -0.05) is 6.07 Å². The molecular formula is C14H17FN2O3. The molecule has 1 aliphatic carbocycles. The van der Waals surface area contributed by atoms with Gasteiger partial charge < -0.3 is 15.7 Å². The average molecular weight is 280 g/mol. The van der Waals surface area contributed by atoms with E-state index in [2.05, 4.69) is 10.6 Å². The van der Waals surface area contributed by atoms with Crippen molar-refractivity contribution in [1.82, 2.24) is 10.6 Å². The van der Waals surface area contributed by atoms with Crippen molar-refractivity contribution in [3.05, 3.63) is 35.6 Å². The minimum absolute atomic E-state index is 0.0585. The number of rotatable bonds is 6. The maximum atomic E-state index is 12.9. The molecule has 6 heteroatoms. The Morgan fingerprint density at radius 1 is 1.30 bits per heavy atom. The maximum absolute atomic E-state index is 12.9. The van der Waals surface area contributed by atoms with E-state index in [9.17, 15) is 14.0 Å². The smallest absolute Gasteiger partial charge is 0.251 e. The summed E-state index contributed by atoms with van der Waals surface area (Å²) in [6.45, 7) is 0.304. The number of carbonyl (C=O) groups is 2. The van der Waals surface area contributed by atoms with Crippen LogP contribution in [0.15, 0.2) is 24.3 Å². The van der Waals surface area contributed by atoms with Crippen LogP contribution in [0, 0.1) is 11.2 Å². The Kier molecular flexibility index (Phi) is 4.34. The first kappa shape index (κ1) is 14.5. The van der Waals surface area contributed by atoms with Crippen molar-refractivity contribution in [1.29, 1.82) is 0 Å². The molecule has 2 rings (SSSR count). The molecule has 0 spiro atoms. The van der Waals surface area contributed by atoms with Crippen LogP contribution < -0.4 is 10.6 Å². The highest BCUT2D eigenvalue weighted by molar-refractivity contribution is 5.96. The van der Waals surface area contributed by atoms with Gasteiger partial charge in [-0.3, -0.25) is 9.59 Å². The Morgan fingerprint density at radius 2 is 2.05 bits per heavy atom. The number of nitrogens with one attached hydrogen (secondary N) is 2. The van der Waals surface area contributed by atoms with Crippen molar-refractivity contribution in [2.75, 3.05) is 19.7 Å². The van der Waals surface area contributed by atoms with Crippen LogP contribution in [0.25, 0.3) is 0 Å². The predicted octanol–water partition coefficient (Wildman–Crippen LogP) is 0.444. The van der Waals surface area contributed by atoms with Crippen LogP contribution in [-0.4, -0.2) is 36.6 Å². The first-order valence-corrected chi connectivity index (χ1v) is 6.46. The summed E-state index contributed by atoms with van der Waals surface area (Å²) in [5, 5.41) is 14.2. The van der Waals surface area contributed by atoms with Gasteiger partial charge in [0.05, 0.1) is 13.2 Å². The van der Waals surface area contributed by atoms with Crippen LogP contribution >= 0.6 is 0 Å². The summed E-state index contributed by atoms with van der Waals surface area (Å²) in [4.78, 5) is 23.2. The summed E-state index contributed by atoms with van der Waals surface area (Å²) >= 11 is 0. The Bertz CT molecular complexity index is 515. The van der Waals surface area contributed by atoms with Crippen molar-refractivity contribution in [3.8, 4) is 0 Å². The molecule has 0 atom stereocenters. The Labute approximate surface area is 116 Å². The molecule has 0 radical (unpaired) electrons. The number of aliphatic hydroxyl groups is 1. The minimum Gasteiger partial charge on any atom is -0.396 e. The van der Waals surface area contributed by atoms with E-state index in [1.165, 1.54) is 18.2 Å². The Hall–Kier alpha value is -1.95. The molecule has 2 amide bonds. The van der Waals surface area contributed by atoms with Gasteiger partial charge in [-0.2, -0.15) is 0 Å². The van der Waals surface area contributed by atoms with Gasteiger partial charge in [-0.25, -0.2) is 4.39 Å². The molecule has 5 nitrogen and oxygen atoms in total. The molecule has 0 aromatic heterocycles. The second kappa shape index (κ2) is 6.00. The lowest BCUT2D eigenvalue weighted by molar-refractivity contribution is -0.120. The van der Waals surface area contributed by atoms with Crippen LogP contribution in [0.1, 0.15) is 23.2 Å². The number of hydrogen-bond acceptors (Lipinski definition) is 3. The molecule has 3 N–H and O–H groups in total. The number of halogens is 1. The van der Waals surface area contributed by atoms with E-state index in [1.807, 2.05) is 0 Å². The third kappa shape index (κ3) is 3.77. The Morgan fingerprint density at radius 3 is 2.65 bits per heavy atom. The molecule has 20 heavy (non-hydrogen) atoms. The number of aliphatic hydroxyl groups excluding tert-OH is 1. The summed E-state index contributed by atoms with van der Waals surface area (Å²) < 4.78 is 12.9. The Balaban J connectivity index is 1.74. The zero-order valence-corrected chi connectivity index (χ0v) is 11.0. The normalized spacial score (nSPS) is 15.5. The highest BCUT2D eigenvalue weighted by Crippen LogP contribution is 2.44. The first-order valence-electron chi connectivity index (χ1n) is 6.46. The fourth-order valence-electron chi connectivity index (χ4n) is 1.81. The number of hydrogen-bond donors (Lipinski definition) is 3. The van der Waals surface area contributed by atoms with Crippen molar-refractivity contribution >= 4 is 11.8 Å². The quantitative estimate of drug-likeness (QED) is 0.707. The summed E-state index contributed by atoms with van der Waals surface area (Å²) in [7, 11) is 0. The fourth-order valence-corrected chi connectivity index (χ4v) is 1.81. The van der Waals surface area contributed by atoms with E-state index >= 15 is 0 Å². The zero-order valence-electron chi connectivity index (χ0n) is 11.0. The first-order chi connectivity index (χ1) is 9.54. The summed E-state index contributed by atoms with van der Waals surface area (Å²) in [6.07, 6.45) is 1.80. The largest absolute Gasteiger partial charge is 0.396 e. The molecule has 1 aliphatic rings. The van der Waals surface area contributed by atoms with E-state index in [4.69, 9.17) is 5.11 Å². The number of carbonyl (C=O) groups excluding carboxylic acids is 2. The SMILES string of the molecule is O=C(CNC(=O)c1cccc(F)c1)NCC1(CO)CC1. The highest BCUT2D eigenvalue weighted by Gasteiger charge is 2.41. The maximum Gasteiger partial charge on any atom is 0.251 e. The van der Waals surface area contributed by atoms with Crippen molar-refractivity contribution in [2.45, 2.75) is 12.8 Å². The minimum atomic E-state index is -0.499. The lowest BCUT2D eigenvalue weighted by atomic mass is 10.1. The van der Waals surface area contributed by atoms with Crippen LogP contribution in [0.2, 0.25) is 0 Å². The molecule has 1 saturated carbocycles. The van der Waals surface area contributed by atoms with E-state index in [-0.39, 0.29) is 30.0 Å². The van der Waals surface area contributed by atoms with Crippen LogP contribution in [-0.2, 0) is 4.79 Å². The molecule has 1 fully saturated rings. The van der Waals surface area contributed by atoms with E-state index in [0.717, 1.165) is 18.9 Å². The third-order valence-corrected chi connectivity index (χ3v) is 3.45. The van der Waals surface area contributed by atoms with Crippen molar-refractivity contribution < 1.29 is 19.1 Å². The monoisotopic (exact) mass is 280 g/mol. The van der Waals surface area contributed by atoms with Crippen molar-refractivity contribution in [3.63, 3.8) is 0 Å². The summed E-state index contributed by atoms with van der Waals surface area (Å²) in [6, 6.07) is 5.26. The molecule has 1 aromatic rings. The molecule has 0 heterocycles. The number of amides is 2. The lowest BCUT2D eigenvalue weighted by Gasteiger charge is -2.13. The van der Waals surface area contributed by atoms with Gasteiger partial charge in [0.1, 0.15) is 5.82 Å². The zero-order chi connectivity index (χ0) is 14.6. The highest BCUT2D eigenvalue weighted by atomic mass is 19.1. The van der Waals surface area contributed by atoms with Crippen LogP contribution in [0.4, 0.5) is 4.39 Å². The van der Waals surface area contributed by atoms with Crippen molar-refractivity contribution in [2.24, 2.45) is 5.41 Å². The van der Waals surface area contributed by atoms with Gasteiger partial charge in [0.25, 0.3) is 5.91 Å². The standard InChI is InChI=1S/C14H17FN2O3/c15-11-3-1-2-10(6-11)13(20)16-7-12(19)17-8-14(9-18)4-5-14/h1-3,6,18H,4-5,7-9H2,(H,16,20)(H,17,19). The van der Waals surface area contributed by atoms with E-state index in [1.54, 1.807) is 0 Å². The molecular weight excluding hydrogens is 263 g/mol. The molecule has 0 saturated heterocycles. The van der Waals surface area contributed by atoms with Gasteiger partial charge in [0.2, 0.25) is 5.91 Å². The van der Waals surface area contributed by atoms with Gasteiger partial charge in [0, 0.05) is 17.5 Å². The lowest BCUT2D eigenvalue weighted by Crippen LogP contribution is -2.39. The van der Waals surface area contributed by atoms with E-state index in [0.29, 0.717) is 6.54 Å². The molecule has 108 valence electrons. The van der Waals surface area contributed by atoms with Gasteiger partial charge in [-0.15, -0.1) is 0 Å². The van der Waals surface area contributed by atoms with Crippen LogP contribution in [0.3, 0.4) is 0 Å². The second-order valence-corrected chi connectivity index (χ2v) is 5.13. The van der Waals surface area contributed by atoms with Gasteiger partial charge >= 0.3 is 0 Å². The summed E-state index contributed by atoms with van der Waals surface area (Å²) in [5.74, 6) is -1.32.